The summed E-state index contributed by atoms with van der Waals surface area (Å²) < 4.78 is 37.8. The molecule has 2 aromatic rings. The Hall–Kier alpha value is -2.18. The number of pyridine rings is 1. The zero-order chi connectivity index (χ0) is 13.3. The van der Waals surface area contributed by atoms with E-state index in [1.807, 2.05) is 0 Å². The van der Waals surface area contributed by atoms with E-state index in [9.17, 15) is 13.2 Å². The van der Waals surface area contributed by atoms with Crippen LogP contribution in [0, 0.1) is 6.92 Å². The molecule has 4 nitrogen and oxygen atoms in total. The SMILES string of the molecule is Cc1ccncc1-c1cc(C(F)(F)F)nc(N)n1. The van der Waals surface area contributed by atoms with Crippen molar-refractivity contribution in [3.05, 3.63) is 35.8 Å². The summed E-state index contributed by atoms with van der Waals surface area (Å²) in [6.45, 7) is 1.75. The number of nitrogens with zero attached hydrogens (tertiary/aromatic N) is 3. The molecule has 0 aliphatic carbocycles. The summed E-state index contributed by atoms with van der Waals surface area (Å²) in [7, 11) is 0. The van der Waals surface area contributed by atoms with Crippen LogP contribution >= 0.6 is 0 Å². The van der Waals surface area contributed by atoms with Gasteiger partial charge in [0.05, 0.1) is 5.69 Å². The molecule has 18 heavy (non-hydrogen) atoms. The second-order valence-corrected chi connectivity index (χ2v) is 3.68. The lowest BCUT2D eigenvalue weighted by atomic mass is 10.1. The average Bonchev–Trinajstić information content (AvgIpc) is 2.27. The number of hydrogen-bond donors (Lipinski definition) is 1. The molecule has 2 aromatic heterocycles. The summed E-state index contributed by atoms with van der Waals surface area (Å²) in [5.74, 6) is -0.414. The Morgan fingerprint density at radius 1 is 1.22 bits per heavy atom. The Morgan fingerprint density at radius 3 is 2.56 bits per heavy atom. The molecule has 0 aliphatic rings. The first-order chi connectivity index (χ1) is 8.38. The van der Waals surface area contributed by atoms with Crippen LogP contribution < -0.4 is 5.73 Å². The first kappa shape index (κ1) is 12.3. The van der Waals surface area contributed by atoms with Crippen molar-refractivity contribution in [2.75, 3.05) is 5.73 Å². The molecule has 0 amide bonds. The van der Waals surface area contributed by atoms with Gasteiger partial charge < -0.3 is 5.73 Å². The summed E-state index contributed by atoms with van der Waals surface area (Å²) in [5, 5.41) is 0. The van der Waals surface area contributed by atoms with Crippen molar-refractivity contribution in [1.82, 2.24) is 15.0 Å². The zero-order valence-electron chi connectivity index (χ0n) is 9.36. The Labute approximate surface area is 101 Å². The second-order valence-electron chi connectivity index (χ2n) is 3.68. The van der Waals surface area contributed by atoms with Crippen LogP contribution in [0.15, 0.2) is 24.5 Å². The number of hydrogen-bond acceptors (Lipinski definition) is 4. The molecule has 2 heterocycles. The highest BCUT2D eigenvalue weighted by atomic mass is 19.4. The van der Waals surface area contributed by atoms with E-state index in [-0.39, 0.29) is 5.69 Å². The standard InChI is InChI=1S/C11H9F3N4/c1-6-2-3-16-5-7(6)8-4-9(11(12,13)14)18-10(15)17-8/h2-5H,1H3,(H2,15,17,18). The maximum Gasteiger partial charge on any atom is 0.433 e. The van der Waals surface area contributed by atoms with Gasteiger partial charge in [0.15, 0.2) is 5.69 Å². The van der Waals surface area contributed by atoms with Gasteiger partial charge in [0.2, 0.25) is 5.95 Å². The summed E-state index contributed by atoms with van der Waals surface area (Å²) in [5.41, 5.74) is 5.61. The number of anilines is 1. The Kier molecular flexibility index (Phi) is 2.90. The number of nitrogens with two attached hydrogens (primary N) is 1. The van der Waals surface area contributed by atoms with E-state index in [1.165, 1.54) is 6.20 Å². The van der Waals surface area contributed by atoms with Gasteiger partial charge in [-0.25, -0.2) is 9.97 Å². The van der Waals surface area contributed by atoms with E-state index in [0.29, 0.717) is 5.56 Å². The molecule has 7 heteroatoms. The van der Waals surface area contributed by atoms with Gasteiger partial charge in [-0.1, -0.05) is 0 Å². The van der Waals surface area contributed by atoms with Crippen LogP contribution in [0.4, 0.5) is 19.1 Å². The Morgan fingerprint density at radius 2 is 1.94 bits per heavy atom. The molecule has 2 N–H and O–H groups in total. The predicted molar refractivity (Wildman–Crippen MR) is 59.4 cm³/mol. The van der Waals surface area contributed by atoms with E-state index in [4.69, 9.17) is 5.73 Å². The van der Waals surface area contributed by atoms with Gasteiger partial charge in [-0.15, -0.1) is 0 Å². The van der Waals surface area contributed by atoms with Crippen molar-refractivity contribution in [2.45, 2.75) is 13.1 Å². The monoisotopic (exact) mass is 254 g/mol. The smallest absolute Gasteiger partial charge is 0.368 e. The Bertz CT molecular complexity index is 581. The minimum absolute atomic E-state index is 0.112. The first-order valence-electron chi connectivity index (χ1n) is 5.00. The average molecular weight is 254 g/mol. The lowest BCUT2D eigenvalue weighted by Gasteiger charge is -2.09. The zero-order valence-corrected chi connectivity index (χ0v) is 9.36. The van der Waals surface area contributed by atoms with Crippen LogP contribution in [0.3, 0.4) is 0 Å². The highest BCUT2D eigenvalue weighted by Crippen LogP contribution is 2.31. The molecule has 0 saturated heterocycles. The molecule has 0 saturated carbocycles. The summed E-state index contributed by atoms with van der Waals surface area (Å²) >= 11 is 0. The van der Waals surface area contributed by atoms with Crippen molar-refractivity contribution < 1.29 is 13.2 Å². The molecule has 0 fully saturated rings. The van der Waals surface area contributed by atoms with Gasteiger partial charge in [0.1, 0.15) is 0 Å². The Balaban J connectivity index is 2.60. The van der Waals surface area contributed by atoms with Crippen LogP contribution in [0.5, 0.6) is 0 Å². The first-order valence-corrected chi connectivity index (χ1v) is 5.00. The second kappa shape index (κ2) is 4.25. The normalized spacial score (nSPS) is 11.6. The molecular formula is C11H9F3N4. The lowest BCUT2D eigenvalue weighted by molar-refractivity contribution is -0.141. The fraction of sp³-hybridized carbons (Fsp3) is 0.182. The third kappa shape index (κ3) is 2.39. The molecule has 2 rings (SSSR count). The van der Waals surface area contributed by atoms with Crippen molar-refractivity contribution in [1.29, 1.82) is 0 Å². The minimum Gasteiger partial charge on any atom is -0.368 e. The van der Waals surface area contributed by atoms with Crippen LogP contribution in [-0.2, 0) is 6.18 Å². The molecule has 0 unspecified atom stereocenters. The van der Waals surface area contributed by atoms with E-state index in [2.05, 4.69) is 15.0 Å². The molecule has 0 spiro atoms. The highest BCUT2D eigenvalue weighted by Gasteiger charge is 2.33. The van der Waals surface area contributed by atoms with Crippen molar-refractivity contribution >= 4 is 5.95 Å². The number of aryl methyl sites for hydroxylation is 1. The van der Waals surface area contributed by atoms with Gasteiger partial charge >= 0.3 is 6.18 Å². The van der Waals surface area contributed by atoms with Crippen LogP contribution in [-0.4, -0.2) is 15.0 Å². The number of alkyl halides is 3. The quantitative estimate of drug-likeness (QED) is 0.848. The van der Waals surface area contributed by atoms with Gasteiger partial charge in [-0.05, 0) is 24.6 Å². The molecule has 0 atom stereocenters. The summed E-state index contributed by atoms with van der Waals surface area (Å²) in [6.07, 6.45) is -1.56. The summed E-state index contributed by atoms with van der Waals surface area (Å²) in [4.78, 5) is 10.8. The van der Waals surface area contributed by atoms with Gasteiger partial charge in [-0.2, -0.15) is 13.2 Å². The summed E-state index contributed by atoms with van der Waals surface area (Å²) in [6, 6.07) is 2.54. The van der Waals surface area contributed by atoms with E-state index >= 15 is 0 Å². The molecular weight excluding hydrogens is 245 g/mol. The van der Waals surface area contributed by atoms with E-state index in [0.717, 1.165) is 11.6 Å². The fourth-order valence-corrected chi connectivity index (χ4v) is 1.48. The predicted octanol–water partition coefficient (Wildman–Crippen LogP) is 2.45. The third-order valence-corrected chi connectivity index (χ3v) is 2.35. The van der Waals surface area contributed by atoms with E-state index < -0.39 is 17.8 Å². The highest BCUT2D eigenvalue weighted by molar-refractivity contribution is 5.63. The lowest BCUT2D eigenvalue weighted by Crippen LogP contribution is -2.11. The number of aromatic nitrogens is 3. The minimum atomic E-state index is -4.55. The van der Waals surface area contributed by atoms with Crippen LogP contribution in [0.25, 0.3) is 11.3 Å². The van der Waals surface area contributed by atoms with E-state index in [1.54, 1.807) is 19.2 Å². The van der Waals surface area contributed by atoms with Crippen molar-refractivity contribution in [3.63, 3.8) is 0 Å². The van der Waals surface area contributed by atoms with Crippen molar-refractivity contribution in [2.24, 2.45) is 0 Å². The maximum absolute atomic E-state index is 12.6. The van der Waals surface area contributed by atoms with Crippen molar-refractivity contribution in [3.8, 4) is 11.3 Å². The molecule has 94 valence electrons. The molecule has 0 radical (unpaired) electrons. The van der Waals surface area contributed by atoms with Crippen LogP contribution in [0.1, 0.15) is 11.3 Å². The molecule has 0 aliphatic heterocycles. The molecule has 0 bridgehead atoms. The number of rotatable bonds is 1. The molecule has 0 aromatic carbocycles. The largest absolute Gasteiger partial charge is 0.433 e. The topological polar surface area (TPSA) is 64.7 Å². The number of nitrogen functional groups attached to an aromatic ring is 1. The third-order valence-electron chi connectivity index (χ3n) is 2.35. The van der Waals surface area contributed by atoms with Gasteiger partial charge in [0.25, 0.3) is 0 Å². The van der Waals surface area contributed by atoms with Gasteiger partial charge in [-0.3, -0.25) is 4.98 Å². The van der Waals surface area contributed by atoms with Gasteiger partial charge in [0, 0.05) is 18.0 Å². The van der Waals surface area contributed by atoms with Crippen LogP contribution in [0.2, 0.25) is 0 Å². The number of halogens is 3. The fourth-order valence-electron chi connectivity index (χ4n) is 1.48. The maximum atomic E-state index is 12.6.